The molecule has 0 aromatic heterocycles. The maximum atomic E-state index is 10.8. The fraction of sp³-hybridized carbons (Fsp3) is 0.400. The van der Waals surface area contributed by atoms with E-state index in [0.29, 0.717) is 12.1 Å². The summed E-state index contributed by atoms with van der Waals surface area (Å²) in [6.45, 7) is 2.36. The lowest BCUT2D eigenvalue weighted by Crippen LogP contribution is -2.12. The van der Waals surface area contributed by atoms with Gasteiger partial charge in [-0.2, -0.15) is 0 Å². The zero-order valence-electron chi connectivity index (χ0n) is 8.65. The van der Waals surface area contributed by atoms with E-state index in [1.54, 1.807) is 19.1 Å². The van der Waals surface area contributed by atoms with Crippen molar-refractivity contribution in [2.75, 3.05) is 14.1 Å². The summed E-state index contributed by atoms with van der Waals surface area (Å²) < 4.78 is 0. The van der Waals surface area contributed by atoms with E-state index in [0.717, 1.165) is 5.56 Å². The fourth-order valence-corrected chi connectivity index (χ4v) is 1.45. The van der Waals surface area contributed by atoms with Crippen LogP contribution in [0.3, 0.4) is 0 Å². The molecule has 0 saturated heterocycles. The largest absolute Gasteiger partial charge is 0.305 e. The minimum atomic E-state index is -0.311. The zero-order valence-corrected chi connectivity index (χ0v) is 8.65. The number of hydrogen-bond acceptors (Lipinski definition) is 3. The van der Waals surface area contributed by atoms with Crippen LogP contribution in [0.5, 0.6) is 0 Å². The second kappa shape index (κ2) is 4.19. The first kappa shape index (κ1) is 10.7. The van der Waals surface area contributed by atoms with Crippen molar-refractivity contribution in [3.05, 3.63) is 39.4 Å². The molecule has 0 unspecified atom stereocenters. The Labute approximate surface area is 83.3 Å². The van der Waals surface area contributed by atoms with Crippen molar-refractivity contribution < 1.29 is 4.92 Å². The highest BCUT2D eigenvalue weighted by Crippen LogP contribution is 2.23. The molecule has 0 saturated carbocycles. The van der Waals surface area contributed by atoms with E-state index in [9.17, 15) is 10.1 Å². The molecule has 0 radical (unpaired) electrons. The van der Waals surface area contributed by atoms with Crippen LogP contribution >= 0.6 is 0 Å². The average molecular weight is 194 g/mol. The molecule has 0 N–H and O–H groups in total. The van der Waals surface area contributed by atoms with Crippen LogP contribution in [0.25, 0.3) is 0 Å². The molecule has 4 heteroatoms. The van der Waals surface area contributed by atoms with Crippen LogP contribution in [0.1, 0.15) is 11.1 Å². The molecule has 76 valence electrons. The molecular formula is C10H14N2O2. The molecule has 4 nitrogen and oxygen atoms in total. The number of nitrogens with zero attached hydrogens (tertiary/aromatic N) is 2. The van der Waals surface area contributed by atoms with Crippen molar-refractivity contribution in [3.8, 4) is 0 Å². The molecule has 0 aliphatic carbocycles. The molecule has 0 spiro atoms. The number of aryl methyl sites for hydroxylation is 1. The second-order valence-electron chi connectivity index (χ2n) is 3.58. The third-order valence-corrected chi connectivity index (χ3v) is 1.99. The van der Waals surface area contributed by atoms with Crippen LogP contribution in [-0.4, -0.2) is 23.9 Å². The van der Waals surface area contributed by atoms with Gasteiger partial charge in [0, 0.05) is 17.7 Å². The maximum absolute atomic E-state index is 10.8. The van der Waals surface area contributed by atoms with Gasteiger partial charge in [0.05, 0.1) is 4.92 Å². The summed E-state index contributed by atoms with van der Waals surface area (Å²) in [7, 11) is 3.79. The van der Waals surface area contributed by atoms with E-state index in [1.807, 2.05) is 25.1 Å². The molecule has 0 atom stereocenters. The van der Waals surface area contributed by atoms with Crippen LogP contribution in [0, 0.1) is 17.0 Å². The van der Waals surface area contributed by atoms with E-state index in [1.165, 1.54) is 0 Å². The monoisotopic (exact) mass is 194 g/mol. The lowest BCUT2D eigenvalue weighted by Gasteiger charge is -2.10. The van der Waals surface area contributed by atoms with Gasteiger partial charge in [-0.1, -0.05) is 18.2 Å². The van der Waals surface area contributed by atoms with Gasteiger partial charge in [0.15, 0.2) is 0 Å². The standard InChI is InChI=1S/C10H14N2O2/c1-8-5-4-6-9(7-11(2)3)10(8)12(13)14/h4-6H,7H2,1-3H3. The SMILES string of the molecule is Cc1cccc(CN(C)C)c1[N+](=O)[O-]. The minimum absolute atomic E-state index is 0.237. The van der Waals surface area contributed by atoms with E-state index in [4.69, 9.17) is 0 Å². The Morgan fingerprint density at radius 3 is 2.57 bits per heavy atom. The topological polar surface area (TPSA) is 46.4 Å². The number of benzene rings is 1. The Hall–Kier alpha value is -1.42. The Kier molecular flexibility index (Phi) is 3.19. The lowest BCUT2D eigenvalue weighted by atomic mass is 10.1. The predicted molar refractivity (Wildman–Crippen MR) is 55.2 cm³/mol. The van der Waals surface area contributed by atoms with Crippen molar-refractivity contribution in [2.45, 2.75) is 13.5 Å². The number of rotatable bonds is 3. The Morgan fingerprint density at radius 1 is 1.43 bits per heavy atom. The quantitative estimate of drug-likeness (QED) is 0.546. The maximum Gasteiger partial charge on any atom is 0.276 e. The van der Waals surface area contributed by atoms with Crippen LogP contribution in [0.15, 0.2) is 18.2 Å². The number of hydrogen-bond donors (Lipinski definition) is 0. The first-order chi connectivity index (χ1) is 6.52. The number of para-hydroxylation sites is 1. The highest BCUT2D eigenvalue weighted by Gasteiger charge is 2.16. The van der Waals surface area contributed by atoms with Gasteiger partial charge < -0.3 is 4.90 Å². The van der Waals surface area contributed by atoms with Crippen molar-refractivity contribution >= 4 is 5.69 Å². The molecule has 0 amide bonds. The molecule has 0 fully saturated rings. The molecule has 1 aromatic carbocycles. The molecule has 0 bridgehead atoms. The fourth-order valence-electron chi connectivity index (χ4n) is 1.45. The van der Waals surface area contributed by atoms with E-state index >= 15 is 0 Å². The Morgan fingerprint density at radius 2 is 2.07 bits per heavy atom. The minimum Gasteiger partial charge on any atom is -0.305 e. The van der Waals surface area contributed by atoms with Crippen molar-refractivity contribution in [1.29, 1.82) is 0 Å². The Bertz CT molecular complexity index is 348. The van der Waals surface area contributed by atoms with Gasteiger partial charge in [0.2, 0.25) is 0 Å². The van der Waals surface area contributed by atoms with Crippen molar-refractivity contribution in [3.63, 3.8) is 0 Å². The predicted octanol–water partition coefficient (Wildman–Crippen LogP) is 1.96. The van der Waals surface area contributed by atoms with Crippen molar-refractivity contribution in [1.82, 2.24) is 4.90 Å². The molecule has 14 heavy (non-hydrogen) atoms. The average Bonchev–Trinajstić information content (AvgIpc) is 2.01. The lowest BCUT2D eigenvalue weighted by molar-refractivity contribution is -0.386. The van der Waals surface area contributed by atoms with Crippen LogP contribution in [0.2, 0.25) is 0 Å². The van der Waals surface area contributed by atoms with Gasteiger partial charge in [0.1, 0.15) is 0 Å². The summed E-state index contributed by atoms with van der Waals surface area (Å²) in [6.07, 6.45) is 0. The molecule has 1 aromatic rings. The summed E-state index contributed by atoms with van der Waals surface area (Å²) in [5.41, 5.74) is 1.72. The summed E-state index contributed by atoms with van der Waals surface area (Å²) in [4.78, 5) is 12.4. The summed E-state index contributed by atoms with van der Waals surface area (Å²) >= 11 is 0. The number of nitro groups is 1. The highest BCUT2D eigenvalue weighted by atomic mass is 16.6. The molecule has 0 aliphatic heterocycles. The highest BCUT2D eigenvalue weighted by molar-refractivity contribution is 5.46. The smallest absolute Gasteiger partial charge is 0.276 e. The van der Waals surface area contributed by atoms with Gasteiger partial charge in [-0.25, -0.2) is 0 Å². The van der Waals surface area contributed by atoms with Crippen LogP contribution < -0.4 is 0 Å². The zero-order chi connectivity index (χ0) is 10.7. The summed E-state index contributed by atoms with van der Waals surface area (Å²) in [5, 5.41) is 10.8. The first-order valence-corrected chi connectivity index (χ1v) is 4.40. The van der Waals surface area contributed by atoms with Crippen LogP contribution in [-0.2, 0) is 6.54 Å². The molecule has 0 aliphatic rings. The van der Waals surface area contributed by atoms with E-state index in [-0.39, 0.29) is 10.6 Å². The van der Waals surface area contributed by atoms with Gasteiger partial charge in [0.25, 0.3) is 5.69 Å². The Balaban J connectivity index is 3.14. The molecular weight excluding hydrogens is 180 g/mol. The normalized spacial score (nSPS) is 10.6. The van der Waals surface area contributed by atoms with Gasteiger partial charge in [-0.3, -0.25) is 10.1 Å². The second-order valence-corrected chi connectivity index (χ2v) is 3.58. The molecule has 0 heterocycles. The van der Waals surface area contributed by atoms with E-state index in [2.05, 4.69) is 0 Å². The third-order valence-electron chi connectivity index (χ3n) is 1.99. The van der Waals surface area contributed by atoms with Crippen LogP contribution in [0.4, 0.5) is 5.69 Å². The number of nitro benzene ring substituents is 1. The molecule has 1 rings (SSSR count). The first-order valence-electron chi connectivity index (χ1n) is 4.40. The third kappa shape index (κ3) is 2.29. The van der Waals surface area contributed by atoms with Gasteiger partial charge in [-0.05, 0) is 21.0 Å². The van der Waals surface area contributed by atoms with Crippen molar-refractivity contribution in [2.24, 2.45) is 0 Å². The summed E-state index contributed by atoms with van der Waals surface area (Å²) in [5.74, 6) is 0. The van der Waals surface area contributed by atoms with Gasteiger partial charge >= 0.3 is 0 Å². The van der Waals surface area contributed by atoms with Gasteiger partial charge in [-0.15, -0.1) is 0 Å². The summed E-state index contributed by atoms with van der Waals surface area (Å²) in [6, 6.07) is 5.41. The van der Waals surface area contributed by atoms with E-state index < -0.39 is 0 Å².